The van der Waals surface area contributed by atoms with E-state index < -0.39 is 5.91 Å². The second-order valence-corrected chi connectivity index (χ2v) is 4.40. The molecule has 21 heavy (non-hydrogen) atoms. The van der Waals surface area contributed by atoms with E-state index in [0.717, 1.165) is 4.90 Å². The van der Waals surface area contributed by atoms with Gasteiger partial charge in [0.1, 0.15) is 11.5 Å². The highest BCUT2D eigenvalue weighted by molar-refractivity contribution is 6.34. The predicted octanol–water partition coefficient (Wildman–Crippen LogP) is 1.90. The van der Waals surface area contributed by atoms with E-state index in [2.05, 4.69) is 4.98 Å². The van der Waals surface area contributed by atoms with Gasteiger partial charge in [-0.15, -0.1) is 0 Å². The zero-order chi connectivity index (χ0) is 15.0. The zero-order valence-electron chi connectivity index (χ0n) is 11.5. The summed E-state index contributed by atoms with van der Waals surface area (Å²) in [6.07, 6.45) is 2.88. The van der Waals surface area contributed by atoms with Crippen LogP contribution in [0.2, 0.25) is 0 Å². The van der Waals surface area contributed by atoms with Crippen molar-refractivity contribution in [1.82, 2.24) is 4.98 Å². The Morgan fingerprint density at radius 1 is 1.00 bits per heavy atom. The summed E-state index contributed by atoms with van der Waals surface area (Å²) in [5.41, 5.74) is 1.01. The van der Waals surface area contributed by atoms with Gasteiger partial charge in [0.25, 0.3) is 11.8 Å². The molecule has 0 saturated heterocycles. The number of ether oxygens (including phenoxy) is 2. The summed E-state index contributed by atoms with van der Waals surface area (Å²) in [5.74, 6) is 0.165. The van der Waals surface area contributed by atoms with Crippen molar-refractivity contribution in [2.24, 2.45) is 0 Å². The second kappa shape index (κ2) is 4.90. The minimum Gasteiger partial charge on any atom is -0.497 e. The average molecular weight is 284 g/mol. The molecule has 0 saturated carbocycles. The number of imide groups is 1. The number of pyridine rings is 1. The van der Waals surface area contributed by atoms with E-state index in [1.165, 1.54) is 32.7 Å². The molecule has 2 aromatic rings. The maximum Gasteiger partial charge on any atom is 0.267 e. The Hall–Kier alpha value is -2.89. The Balaban J connectivity index is 2.11. The number of hydrogen-bond acceptors (Lipinski definition) is 5. The lowest BCUT2D eigenvalue weighted by molar-refractivity contribution is 0.0925. The van der Waals surface area contributed by atoms with Gasteiger partial charge >= 0.3 is 0 Å². The van der Waals surface area contributed by atoms with Gasteiger partial charge in [-0.1, -0.05) is 0 Å². The van der Waals surface area contributed by atoms with E-state index in [1.807, 2.05) is 0 Å². The number of fused-ring (bicyclic) bond motifs is 1. The number of carbonyl (C=O) groups excluding carboxylic acids is 2. The number of benzene rings is 1. The van der Waals surface area contributed by atoms with Gasteiger partial charge in [-0.2, -0.15) is 0 Å². The molecular weight excluding hydrogens is 272 g/mol. The average Bonchev–Trinajstić information content (AvgIpc) is 2.79. The van der Waals surface area contributed by atoms with Crippen molar-refractivity contribution < 1.29 is 19.1 Å². The minimum atomic E-state index is -0.411. The minimum absolute atomic E-state index is 0.292. The third-order valence-electron chi connectivity index (χ3n) is 3.32. The maximum absolute atomic E-state index is 12.4. The molecule has 0 atom stereocenters. The Morgan fingerprint density at radius 2 is 1.76 bits per heavy atom. The van der Waals surface area contributed by atoms with Crippen molar-refractivity contribution in [3.05, 3.63) is 47.8 Å². The van der Waals surface area contributed by atoms with Crippen LogP contribution >= 0.6 is 0 Å². The van der Waals surface area contributed by atoms with Crippen LogP contribution in [0.1, 0.15) is 20.7 Å². The Labute approximate surface area is 120 Å². The second-order valence-electron chi connectivity index (χ2n) is 4.40. The number of amides is 2. The third-order valence-corrected chi connectivity index (χ3v) is 3.32. The van der Waals surface area contributed by atoms with Gasteiger partial charge in [0, 0.05) is 18.5 Å². The highest BCUT2D eigenvalue weighted by Gasteiger charge is 2.38. The third kappa shape index (κ3) is 1.92. The number of methoxy groups -OCH3 is 2. The van der Waals surface area contributed by atoms with Crippen LogP contribution in [-0.2, 0) is 0 Å². The Kier molecular flexibility index (Phi) is 3.06. The van der Waals surface area contributed by atoms with E-state index in [4.69, 9.17) is 9.47 Å². The van der Waals surface area contributed by atoms with Crippen molar-refractivity contribution in [1.29, 1.82) is 0 Å². The summed E-state index contributed by atoms with van der Waals surface area (Å²) in [6, 6.07) is 6.44. The molecule has 2 amide bonds. The fourth-order valence-electron chi connectivity index (χ4n) is 2.27. The smallest absolute Gasteiger partial charge is 0.267 e. The van der Waals surface area contributed by atoms with Gasteiger partial charge < -0.3 is 9.47 Å². The molecule has 1 aromatic heterocycles. The van der Waals surface area contributed by atoms with Crippen LogP contribution < -0.4 is 14.4 Å². The molecule has 0 aliphatic carbocycles. The van der Waals surface area contributed by atoms with Gasteiger partial charge in [-0.05, 0) is 18.2 Å². The largest absolute Gasteiger partial charge is 0.497 e. The standard InChI is InChI=1S/C15H12N2O4/c1-20-9-3-4-12(13(7-9)21-2)17-14(18)10-5-6-16-8-11(10)15(17)19/h3-8H,1-2H3. The molecule has 0 bridgehead atoms. The van der Waals surface area contributed by atoms with Gasteiger partial charge in [-0.3, -0.25) is 14.6 Å². The summed E-state index contributed by atoms with van der Waals surface area (Å²) >= 11 is 0. The van der Waals surface area contributed by atoms with Gasteiger partial charge in [0.2, 0.25) is 0 Å². The van der Waals surface area contributed by atoms with Crippen LogP contribution in [0.5, 0.6) is 11.5 Å². The van der Waals surface area contributed by atoms with Crippen LogP contribution in [0.3, 0.4) is 0 Å². The van der Waals surface area contributed by atoms with Crippen molar-refractivity contribution in [3.63, 3.8) is 0 Å². The first-order chi connectivity index (χ1) is 10.2. The van der Waals surface area contributed by atoms with Gasteiger partial charge in [-0.25, -0.2) is 4.90 Å². The first-order valence-electron chi connectivity index (χ1n) is 6.22. The van der Waals surface area contributed by atoms with Crippen LogP contribution in [-0.4, -0.2) is 31.0 Å². The molecule has 0 radical (unpaired) electrons. The van der Waals surface area contributed by atoms with Crippen LogP contribution in [0.25, 0.3) is 0 Å². The molecular formula is C15H12N2O4. The SMILES string of the molecule is COc1ccc(N2C(=O)c3ccncc3C2=O)c(OC)c1. The molecule has 6 heteroatoms. The number of aromatic nitrogens is 1. The quantitative estimate of drug-likeness (QED) is 0.805. The Bertz CT molecular complexity index is 707. The van der Waals surface area contributed by atoms with E-state index in [-0.39, 0.29) is 5.91 Å². The van der Waals surface area contributed by atoms with Crippen molar-refractivity contribution in [3.8, 4) is 11.5 Å². The molecule has 106 valence electrons. The van der Waals surface area contributed by atoms with E-state index in [0.29, 0.717) is 28.3 Å². The monoisotopic (exact) mass is 284 g/mol. The Morgan fingerprint density at radius 3 is 2.43 bits per heavy atom. The highest BCUT2D eigenvalue weighted by atomic mass is 16.5. The summed E-state index contributed by atoms with van der Waals surface area (Å²) in [7, 11) is 3.00. The van der Waals surface area contributed by atoms with Crippen molar-refractivity contribution in [2.45, 2.75) is 0 Å². The maximum atomic E-state index is 12.4. The number of hydrogen-bond donors (Lipinski definition) is 0. The summed E-state index contributed by atoms with van der Waals surface area (Å²) in [5, 5.41) is 0. The molecule has 2 heterocycles. The van der Waals surface area contributed by atoms with E-state index in [9.17, 15) is 9.59 Å². The molecule has 1 aliphatic heterocycles. The predicted molar refractivity (Wildman–Crippen MR) is 74.9 cm³/mol. The fraction of sp³-hybridized carbons (Fsp3) is 0.133. The lowest BCUT2D eigenvalue weighted by atomic mass is 10.2. The normalized spacial score (nSPS) is 13.3. The summed E-state index contributed by atoms with van der Waals surface area (Å²) < 4.78 is 10.4. The molecule has 0 N–H and O–H groups in total. The topological polar surface area (TPSA) is 68.7 Å². The lowest BCUT2D eigenvalue weighted by Crippen LogP contribution is -2.29. The fourth-order valence-corrected chi connectivity index (χ4v) is 2.27. The first kappa shape index (κ1) is 13.1. The number of carbonyl (C=O) groups is 2. The van der Waals surface area contributed by atoms with Crippen molar-refractivity contribution in [2.75, 3.05) is 19.1 Å². The summed E-state index contributed by atoms with van der Waals surface area (Å²) in [4.78, 5) is 29.8. The zero-order valence-corrected chi connectivity index (χ0v) is 11.5. The molecule has 6 nitrogen and oxygen atoms in total. The van der Waals surface area contributed by atoms with E-state index >= 15 is 0 Å². The number of anilines is 1. The highest BCUT2D eigenvalue weighted by Crippen LogP contribution is 2.36. The molecule has 1 aromatic carbocycles. The first-order valence-corrected chi connectivity index (χ1v) is 6.22. The lowest BCUT2D eigenvalue weighted by Gasteiger charge is -2.17. The van der Waals surface area contributed by atoms with Crippen LogP contribution in [0, 0.1) is 0 Å². The molecule has 0 spiro atoms. The molecule has 3 rings (SSSR count). The summed E-state index contributed by atoms with van der Waals surface area (Å²) in [6.45, 7) is 0. The van der Waals surface area contributed by atoms with E-state index in [1.54, 1.807) is 18.2 Å². The van der Waals surface area contributed by atoms with Crippen molar-refractivity contribution >= 4 is 17.5 Å². The number of rotatable bonds is 3. The number of nitrogens with zero attached hydrogens (tertiary/aromatic N) is 2. The van der Waals surface area contributed by atoms with Crippen LogP contribution in [0.15, 0.2) is 36.7 Å². The van der Waals surface area contributed by atoms with Gasteiger partial charge in [0.05, 0.1) is 31.0 Å². The molecule has 1 aliphatic rings. The molecule has 0 unspecified atom stereocenters. The van der Waals surface area contributed by atoms with Gasteiger partial charge in [0.15, 0.2) is 0 Å². The van der Waals surface area contributed by atoms with Crippen LogP contribution in [0.4, 0.5) is 5.69 Å². The molecule has 0 fully saturated rings.